The number of likely N-dealkylation sites (tertiary alicyclic amines) is 1. The number of anilines is 2. The quantitative estimate of drug-likeness (QED) is 0.555. The Kier molecular flexibility index (Phi) is 5.75. The lowest BCUT2D eigenvalue weighted by atomic mass is 9.91. The minimum Gasteiger partial charge on any atom is -0.504 e. The van der Waals surface area contributed by atoms with Crippen molar-refractivity contribution in [3.63, 3.8) is 0 Å². The average Bonchev–Trinajstić information content (AvgIpc) is 3.28. The molecular formula is C26H27N3O5. The lowest BCUT2D eigenvalue weighted by Crippen LogP contribution is -2.37. The fourth-order valence-corrected chi connectivity index (χ4v) is 4.87. The molecule has 2 aliphatic heterocycles. The number of carbonyl (C=O) groups is 2. The van der Waals surface area contributed by atoms with E-state index in [-0.39, 0.29) is 30.2 Å². The number of hydrogen-bond acceptors (Lipinski definition) is 6. The number of benzene rings is 2. The number of carbonyl (C=O) groups excluding carboxylic acids is 2. The zero-order chi connectivity index (χ0) is 23.8. The van der Waals surface area contributed by atoms with Crippen LogP contribution in [-0.2, 0) is 4.79 Å². The summed E-state index contributed by atoms with van der Waals surface area (Å²) in [4.78, 5) is 27.8. The van der Waals surface area contributed by atoms with Gasteiger partial charge in [0.2, 0.25) is 0 Å². The van der Waals surface area contributed by atoms with Crippen molar-refractivity contribution in [1.82, 2.24) is 4.90 Å². The molecule has 3 aliphatic rings. The van der Waals surface area contributed by atoms with Gasteiger partial charge in [0.05, 0.1) is 31.1 Å². The predicted octanol–water partition coefficient (Wildman–Crippen LogP) is 3.49. The summed E-state index contributed by atoms with van der Waals surface area (Å²) in [6.45, 7) is 0.574. The van der Waals surface area contributed by atoms with E-state index in [1.807, 2.05) is 12.1 Å². The lowest BCUT2D eigenvalue weighted by Gasteiger charge is -2.23. The highest BCUT2D eigenvalue weighted by atomic mass is 16.5. The number of methoxy groups -OCH3 is 1. The number of allylic oxidation sites excluding steroid dienone is 2. The number of hydrogen-bond donors (Lipinski definition) is 4. The predicted molar refractivity (Wildman–Crippen MR) is 129 cm³/mol. The van der Waals surface area contributed by atoms with E-state index in [0.29, 0.717) is 53.3 Å². The third-order valence-corrected chi connectivity index (χ3v) is 6.75. The van der Waals surface area contributed by atoms with Crippen LogP contribution in [0.1, 0.15) is 41.6 Å². The molecule has 0 aromatic heterocycles. The normalized spacial score (nSPS) is 19.5. The highest BCUT2D eigenvalue weighted by molar-refractivity contribution is 6.10. The molecule has 2 aromatic rings. The van der Waals surface area contributed by atoms with Crippen LogP contribution in [0.25, 0.3) is 5.57 Å². The Morgan fingerprint density at radius 1 is 1.15 bits per heavy atom. The van der Waals surface area contributed by atoms with Crippen LogP contribution in [-0.4, -0.2) is 53.2 Å². The van der Waals surface area contributed by atoms with Gasteiger partial charge in [-0.15, -0.1) is 0 Å². The topological polar surface area (TPSA) is 111 Å². The van der Waals surface area contributed by atoms with Crippen LogP contribution in [0, 0.1) is 0 Å². The maximum atomic E-state index is 13.0. The van der Waals surface area contributed by atoms with Crippen LogP contribution in [0.2, 0.25) is 0 Å². The smallest absolute Gasteiger partial charge is 0.254 e. The number of fused-ring (bicyclic) bond motifs is 1. The van der Waals surface area contributed by atoms with Crippen molar-refractivity contribution in [2.75, 3.05) is 30.9 Å². The number of aromatic hydroxyl groups is 1. The van der Waals surface area contributed by atoms with Crippen LogP contribution in [0.3, 0.4) is 0 Å². The van der Waals surface area contributed by atoms with Crippen molar-refractivity contribution in [1.29, 1.82) is 0 Å². The van der Waals surface area contributed by atoms with Gasteiger partial charge < -0.3 is 30.5 Å². The number of amides is 2. The third-order valence-electron chi connectivity index (χ3n) is 6.75. The zero-order valence-corrected chi connectivity index (χ0v) is 18.9. The molecule has 0 bridgehead atoms. The molecule has 1 atom stereocenters. The Morgan fingerprint density at radius 2 is 2.00 bits per heavy atom. The zero-order valence-electron chi connectivity index (χ0n) is 18.9. The largest absolute Gasteiger partial charge is 0.504 e. The van der Waals surface area contributed by atoms with Gasteiger partial charge in [-0.2, -0.15) is 0 Å². The summed E-state index contributed by atoms with van der Waals surface area (Å²) in [5.41, 5.74) is 5.03. The number of aliphatic hydroxyl groups is 1. The molecule has 1 fully saturated rings. The summed E-state index contributed by atoms with van der Waals surface area (Å²) in [5, 5.41) is 25.8. The lowest BCUT2D eigenvalue weighted by molar-refractivity contribution is -0.113. The summed E-state index contributed by atoms with van der Waals surface area (Å²) in [5.74, 6) is 0.139. The highest BCUT2D eigenvalue weighted by Gasteiger charge is 2.30. The first-order valence-corrected chi connectivity index (χ1v) is 11.4. The molecule has 0 saturated carbocycles. The number of ether oxygens (including phenoxy) is 1. The number of phenols is 1. The first-order valence-electron chi connectivity index (χ1n) is 11.4. The van der Waals surface area contributed by atoms with Gasteiger partial charge >= 0.3 is 0 Å². The van der Waals surface area contributed by atoms with Gasteiger partial charge in [0, 0.05) is 23.4 Å². The van der Waals surface area contributed by atoms with Crippen molar-refractivity contribution in [3.05, 3.63) is 64.9 Å². The van der Waals surface area contributed by atoms with E-state index in [2.05, 4.69) is 10.6 Å². The second-order valence-corrected chi connectivity index (χ2v) is 8.77. The molecule has 2 heterocycles. The Hall–Kier alpha value is -3.78. The SMILES string of the molecule is COc1cc(C2=CC3=C(CC2)C(=O)Nc2cc(C(=O)N4CCC[C@H]4CO)ccc2N3)ccc1O. The van der Waals surface area contributed by atoms with E-state index >= 15 is 0 Å². The summed E-state index contributed by atoms with van der Waals surface area (Å²) in [7, 11) is 1.51. The molecule has 0 radical (unpaired) electrons. The molecular weight excluding hydrogens is 434 g/mol. The van der Waals surface area contributed by atoms with Crippen molar-refractivity contribution in [2.45, 2.75) is 31.7 Å². The maximum absolute atomic E-state index is 13.0. The first-order chi connectivity index (χ1) is 16.5. The van der Waals surface area contributed by atoms with Crippen LogP contribution in [0.15, 0.2) is 53.7 Å². The molecule has 8 heteroatoms. The van der Waals surface area contributed by atoms with E-state index < -0.39 is 0 Å². The van der Waals surface area contributed by atoms with Gasteiger partial charge in [-0.05, 0) is 73.2 Å². The maximum Gasteiger partial charge on any atom is 0.254 e. The van der Waals surface area contributed by atoms with E-state index in [9.17, 15) is 19.8 Å². The summed E-state index contributed by atoms with van der Waals surface area (Å²) in [6, 6.07) is 10.3. The van der Waals surface area contributed by atoms with E-state index in [4.69, 9.17) is 4.74 Å². The number of nitrogens with one attached hydrogen (secondary N) is 2. The summed E-state index contributed by atoms with van der Waals surface area (Å²) >= 11 is 0. The molecule has 1 saturated heterocycles. The number of rotatable bonds is 4. The van der Waals surface area contributed by atoms with Gasteiger partial charge in [0.1, 0.15) is 0 Å². The molecule has 0 unspecified atom stereocenters. The number of nitrogens with zero attached hydrogens (tertiary/aromatic N) is 1. The Balaban J connectivity index is 1.44. The van der Waals surface area contributed by atoms with E-state index in [0.717, 1.165) is 24.0 Å². The Labute approximate surface area is 197 Å². The van der Waals surface area contributed by atoms with Crippen molar-refractivity contribution in [2.24, 2.45) is 0 Å². The molecule has 34 heavy (non-hydrogen) atoms. The fourth-order valence-electron chi connectivity index (χ4n) is 4.87. The average molecular weight is 462 g/mol. The number of aliphatic hydroxyl groups excluding tert-OH is 1. The number of phenolic OH excluding ortho intramolecular Hbond substituents is 1. The van der Waals surface area contributed by atoms with Gasteiger partial charge in [0.25, 0.3) is 11.8 Å². The van der Waals surface area contributed by atoms with Gasteiger partial charge in [0.15, 0.2) is 11.5 Å². The van der Waals surface area contributed by atoms with Crippen LogP contribution in [0.4, 0.5) is 11.4 Å². The molecule has 5 rings (SSSR count). The molecule has 1 aliphatic carbocycles. The molecule has 176 valence electrons. The second-order valence-electron chi connectivity index (χ2n) is 8.77. The van der Waals surface area contributed by atoms with Gasteiger partial charge in [-0.25, -0.2) is 0 Å². The molecule has 2 aromatic carbocycles. The van der Waals surface area contributed by atoms with E-state index in [1.54, 1.807) is 35.2 Å². The standard InChI is InChI=1S/C26H27N3O5/c1-34-24-13-16(6-9-23(24)31)15-4-7-19-21(11-15)27-20-8-5-17(12-22(20)28-25(19)32)26(33)29-10-2-3-18(29)14-30/h5-6,8-9,11-13,18,27,30-31H,2-4,7,10,14H2,1H3,(H,28,32)/t18-/m0/s1. The molecule has 0 spiro atoms. The highest BCUT2D eigenvalue weighted by Crippen LogP contribution is 2.38. The minimum atomic E-state index is -0.196. The molecule has 2 amide bonds. The molecule has 8 nitrogen and oxygen atoms in total. The van der Waals surface area contributed by atoms with Crippen molar-refractivity contribution < 1.29 is 24.5 Å². The minimum absolute atomic E-state index is 0.0484. The van der Waals surface area contributed by atoms with Crippen LogP contribution >= 0.6 is 0 Å². The summed E-state index contributed by atoms with van der Waals surface area (Å²) < 4.78 is 5.23. The summed E-state index contributed by atoms with van der Waals surface area (Å²) in [6.07, 6.45) is 4.84. The Morgan fingerprint density at radius 3 is 2.79 bits per heavy atom. The monoisotopic (exact) mass is 461 g/mol. The fraction of sp³-hybridized carbons (Fsp3) is 0.308. The van der Waals surface area contributed by atoms with Gasteiger partial charge in [-0.1, -0.05) is 6.07 Å². The van der Waals surface area contributed by atoms with Crippen molar-refractivity contribution in [3.8, 4) is 11.5 Å². The molecule has 4 N–H and O–H groups in total. The van der Waals surface area contributed by atoms with Crippen molar-refractivity contribution >= 4 is 28.8 Å². The van der Waals surface area contributed by atoms with E-state index in [1.165, 1.54) is 7.11 Å². The third kappa shape index (κ3) is 3.90. The van der Waals surface area contributed by atoms with Gasteiger partial charge in [-0.3, -0.25) is 9.59 Å². The van der Waals surface area contributed by atoms with Crippen LogP contribution < -0.4 is 15.4 Å². The first kappa shape index (κ1) is 22.0. The van der Waals surface area contributed by atoms with Crippen LogP contribution in [0.5, 0.6) is 11.5 Å². The second kappa shape index (κ2) is 8.87. The Bertz CT molecular complexity index is 1230.